The summed E-state index contributed by atoms with van der Waals surface area (Å²) in [4.78, 5) is 23.4. The number of carbonyl (C=O) groups excluding carboxylic acids is 2. The van der Waals surface area contributed by atoms with Crippen LogP contribution >= 0.6 is 0 Å². The van der Waals surface area contributed by atoms with Gasteiger partial charge in [-0.3, -0.25) is 9.59 Å². The van der Waals surface area contributed by atoms with Crippen molar-refractivity contribution in [2.75, 3.05) is 40.0 Å². The Kier molecular flexibility index (Phi) is 6.07. The maximum Gasteiger partial charge on any atom is 0.325 e. The van der Waals surface area contributed by atoms with E-state index in [-0.39, 0.29) is 12.5 Å². The molecule has 0 aliphatic carbocycles. The summed E-state index contributed by atoms with van der Waals surface area (Å²) in [5, 5.41) is 5.85. The highest BCUT2D eigenvalue weighted by atomic mass is 16.5. The van der Waals surface area contributed by atoms with Gasteiger partial charge in [0.15, 0.2) is 0 Å². The van der Waals surface area contributed by atoms with Crippen molar-refractivity contribution in [1.82, 2.24) is 10.6 Å². The van der Waals surface area contributed by atoms with Crippen LogP contribution in [0.15, 0.2) is 0 Å². The summed E-state index contributed by atoms with van der Waals surface area (Å²) in [6.07, 6.45) is 1.44. The number of rotatable bonds is 6. The minimum absolute atomic E-state index is 0.0778. The number of hydrogen-bond donors (Lipinski definition) is 2. The lowest BCUT2D eigenvalue weighted by Gasteiger charge is -2.35. The van der Waals surface area contributed by atoms with Crippen LogP contribution in [0.1, 0.15) is 19.8 Å². The van der Waals surface area contributed by atoms with E-state index in [1.807, 2.05) is 0 Å². The number of amides is 1. The molecule has 2 N–H and O–H groups in total. The van der Waals surface area contributed by atoms with Gasteiger partial charge in [-0.05, 0) is 32.9 Å². The fraction of sp³-hybridized carbons (Fsp3) is 0.833. The molecule has 0 unspecified atom stereocenters. The number of carbonyl (C=O) groups is 2. The van der Waals surface area contributed by atoms with Crippen LogP contribution in [0.3, 0.4) is 0 Å². The first-order valence-corrected chi connectivity index (χ1v) is 6.28. The third-order valence-corrected chi connectivity index (χ3v) is 3.16. The molecule has 0 radical (unpaired) electrons. The van der Waals surface area contributed by atoms with E-state index in [2.05, 4.69) is 10.6 Å². The zero-order valence-electron chi connectivity index (χ0n) is 11.1. The van der Waals surface area contributed by atoms with E-state index in [1.165, 1.54) is 0 Å². The molecule has 0 spiro atoms. The van der Waals surface area contributed by atoms with Crippen LogP contribution < -0.4 is 10.6 Å². The van der Waals surface area contributed by atoms with E-state index in [0.717, 1.165) is 25.9 Å². The summed E-state index contributed by atoms with van der Waals surface area (Å²) in [7, 11) is 1.59. The summed E-state index contributed by atoms with van der Waals surface area (Å²) < 4.78 is 9.93. The number of ether oxygens (including phenoxy) is 2. The quantitative estimate of drug-likeness (QED) is 0.639. The van der Waals surface area contributed by atoms with Crippen molar-refractivity contribution in [3.8, 4) is 0 Å². The van der Waals surface area contributed by atoms with Crippen molar-refractivity contribution in [2.24, 2.45) is 5.41 Å². The first-order chi connectivity index (χ1) is 8.64. The summed E-state index contributed by atoms with van der Waals surface area (Å²) in [6.45, 7) is 3.93. The lowest BCUT2D eigenvalue weighted by molar-refractivity contribution is -0.146. The molecular weight excluding hydrogens is 236 g/mol. The van der Waals surface area contributed by atoms with Crippen LogP contribution in [0.4, 0.5) is 0 Å². The first kappa shape index (κ1) is 14.9. The van der Waals surface area contributed by atoms with Gasteiger partial charge in [-0.2, -0.15) is 0 Å². The molecule has 0 aromatic rings. The number of nitrogens with one attached hydrogen (secondary N) is 2. The van der Waals surface area contributed by atoms with Gasteiger partial charge < -0.3 is 20.1 Å². The van der Waals surface area contributed by atoms with Gasteiger partial charge in [0.2, 0.25) is 5.91 Å². The Morgan fingerprint density at radius 2 is 2.00 bits per heavy atom. The summed E-state index contributed by atoms with van der Waals surface area (Å²) in [5.74, 6) is -0.536. The lowest BCUT2D eigenvalue weighted by atomic mass is 9.78. The SMILES string of the molecule is CCOC(=O)CNC(=O)C1(COC)CCNCC1. The Morgan fingerprint density at radius 1 is 1.33 bits per heavy atom. The maximum absolute atomic E-state index is 12.2. The molecule has 0 atom stereocenters. The van der Waals surface area contributed by atoms with Gasteiger partial charge in [-0.1, -0.05) is 0 Å². The molecule has 18 heavy (non-hydrogen) atoms. The monoisotopic (exact) mass is 258 g/mol. The summed E-state index contributed by atoms with van der Waals surface area (Å²) in [5.41, 5.74) is -0.521. The Labute approximate surface area is 107 Å². The zero-order chi connectivity index (χ0) is 13.4. The molecule has 6 heteroatoms. The minimum atomic E-state index is -0.521. The van der Waals surface area contributed by atoms with E-state index in [4.69, 9.17) is 9.47 Å². The normalized spacial score (nSPS) is 18.1. The van der Waals surface area contributed by atoms with Gasteiger partial charge >= 0.3 is 5.97 Å². The molecule has 1 heterocycles. The zero-order valence-corrected chi connectivity index (χ0v) is 11.1. The van der Waals surface area contributed by atoms with E-state index in [0.29, 0.717) is 13.2 Å². The Balaban J connectivity index is 2.51. The largest absolute Gasteiger partial charge is 0.465 e. The minimum Gasteiger partial charge on any atom is -0.465 e. The van der Waals surface area contributed by atoms with Crippen LogP contribution in [-0.4, -0.2) is 51.8 Å². The molecule has 1 rings (SSSR count). The van der Waals surface area contributed by atoms with Gasteiger partial charge in [-0.25, -0.2) is 0 Å². The molecule has 0 aromatic heterocycles. The molecule has 1 fully saturated rings. The number of methoxy groups -OCH3 is 1. The van der Waals surface area contributed by atoms with E-state index in [9.17, 15) is 9.59 Å². The molecule has 6 nitrogen and oxygen atoms in total. The Hall–Kier alpha value is -1.14. The second-order valence-electron chi connectivity index (χ2n) is 4.45. The van der Waals surface area contributed by atoms with Crippen molar-refractivity contribution in [3.63, 3.8) is 0 Å². The molecule has 0 aromatic carbocycles. The molecule has 1 saturated heterocycles. The average molecular weight is 258 g/mol. The fourth-order valence-electron chi connectivity index (χ4n) is 2.17. The van der Waals surface area contributed by atoms with Crippen LogP contribution in [0, 0.1) is 5.41 Å². The van der Waals surface area contributed by atoms with E-state index in [1.54, 1.807) is 14.0 Å². The smallest absolute Gasteiger partial charge is 0.325 e. The first-order valence-electron chi connectivity index (χ1n) is 6.28. The fourth-order valence-corrected chi connectivity index (χ4v) is 2.17. The third kappa shape index (κ3) is 3.96. The lowest BCUT2D eigenvalue weighted by Crippen LogP contribution is -2.51. The van der Waals surface area contributed by atoms with Gasteiger partial charge in [0.25, 0.3) is 0 Å². The summed E-state index contributed by atoms with van der Waals surface area (Å²) in [6, 6.07) is 0. The highest BCUT2D eigenvalue weighted by Crippen LogP contribution is 2.29. The van der Waals surface area contributed by atoms with Gasteiger partial charge in [0.05, 0.1) is 18.6 Å². The summed E-state index contributed by atoms with van der Waals surface area (Å²) >= 11 is 0. The van der Waals surface area contributed by atoms with E-state index >= 15 is 0 Å². The third-order valence-electron chi connectivity index (χ3n) is 3.16. The molecular formula is C12H22N2O4. The average Bonchev–Trinajstić information content (AvgIpc) is 2.38. The number of piperidine rings is 1. The maximum atomic E-state index is 12.2. The van der Waals surface area contributed by atoms with Gasteiger partial charge in [-0.15, -0.1) is 0 Å². The molecule has 1 aliphatic heterocycles. The van der Waals surface area contributed by atoms with E-state index < -0.39 is 11.4 Å². The molecule has 1 amide bonds. The second-order valence-corrected chi connectivity index (χ2v) is 4.45. The highest BCUT2D eigenvalue weighted by Gasteiger charge is 2.39. The topological polar surface area (TPSA) is 76.7 Å². The molecule has 0 saturated carbocycles. The molecule has 0 bridgehead atoms. The van der Waals surface area contributed by atoms with Crippen LogP contribution in [0.2, 0.25) is 0 Å². The predicted octanol–water partition coefficient (Wildman–Crippen LogP) is -0.318. The highest BCUT2D eigenvalue weighted by molar-refractivity contribution is 5.86. The van der Waals surface area contributed by atoms with Crippen LogP contribution in [0.5, 0.6) is 0 Å². The number of esters is 1. The van der Waals surface area contributed by atoms with Crippen molar-refractivity contribution in [2.45, 2.75) is 19.8 Å². The molecule has 1 aliphatic rings. The standard InChI is InChI=1S/C12H22N2O4/c1-3-18-10(15)8-14-11(16)12(9-17-2)4-6-13-7-5-12/h13H,3-9H2,1-2H3,(H,14,16). The van der Waals surface area contributed by atoms with Crippen molar-refractivity contribution >= 4 is 11.9 Å². The van der Waals surface area contributed by atoms with Gasteiger partial charge in [0.1, 0.15) is 6.54 Å². The molecule has 104 valence electrons. The van der Waals surface area contributed by atoms with Crippen LogP contribution in [0.25, 0.3) is 0 Å². The van der Waals surface area contributed by atoms with Crippen molar-refractivity contribution < 1.29 is 19.1 Å². The van der Waals surface area contributed by atoms with Crippen LogP contribution in [-0.2, 0) is 19.1 Å². The van der Waals surface area contributed by atoms with Gasteiger partial charge in [0, 0.05) is 7.11 Å². The van der Waals surface area contributed by atoms with Crippen molar-refractivity contribution in [1.29, 1.82) is 0 Å². The predicted molar refractivity (Wildman–Crippen MR) is 66.1 cm³/mol. The number of hydrogen-bond acceptors (Lipinski definition) is 5. The Morgan fingerprint density at radius 3 is 2.56 bits per heavy atom. The Bertz CT molecular complexity index is 282. The van der Waals surface area contributed by atoms with Crippen molar-refractivity contribution in [3.05, 3.63) is 0 Å². The second kappa shape index (κ2) is 7.33.